The van der Waals surface area contributed by atoms with Gasteiger partial charge in [0.2, 0.25) is 5.91 Å². The number of aliphatic hydroxyl groups is 3. The summed E-state index contributed by atoms with van der Waals surface area (Å²) in [4.78, 5) is 80.9. The van der Waals surface area contributed by atoms with Crippen LogP contribution in [0.5, 0.6) is 17.2 Å². The number of carbonyl (C=O) groups is 3. The largest absolute Gasteiger partial charge is 0.486 e. The zero-order valence-corrected chi connectivity index (χ0v) is 75.6. The molecule has 0 saturated carbocycles. The fourth-order valence-electron chi connectivity index (χ4n) is 17.9. The molecule has 0 radical (unpaired) electrons. The second-order valence-electron chi connectivity index (χ2n) is 35.2. The Bertz CT molecular complexity index is 5750. The lowest BCUT2D eigenvalue weighted by Crippen LogP contribution is -2.60. The molecular weight excluding hydrogens is 1760 g/mol. The normalized spacial score (nSPS) is 21.7. The van der Waals surface area contributed by atoms with Gasteiger partial charge in [-0.15, -0.1) is 0 Å². The van der Waals surface area contributed by atoms with Crippen LogP contribution in [-0.4, -0.2) is 330 Å². The first-order valence-corrected chi connectivity index (χ1v) is 45.7. The zero-order valence-electron chi connectivity index (χ0n) is 75.6. The molecule has 4 amide bonds. The van der Waals surface area contributed by atoms with Gasteiger partial charge in [-0.25, -0.2) is 56.7 Å². The number of urea groups is 1. The number of ether oxygens (including phenoxy) is 6. The predicted octanol–water partition coefficient (Wildman–Crippen LogP) is 9.43. The van der Waals surface area contributed by atoms with Crippen LogP contribution in [-0.2, 0) is 23.8 Å². The lowest BCUT2D eigenvalue weighted by molar-refractivity contribution is -0.177. The van der Waals surface area contributed by atoms with Crippen molar-refractivity contribution in [2.24, 2.45) is 11.8 Å². The Labute approximate surface area is 784 Å². The van der Waals surface area contributed by atoms with Crippen LogP contribution >= 0.6 is 0 Å². The number of rotatable bonds is 25. The summed E-state index contributed by atoms with van der Waals surface area (Å²) >= 11 is 0. The minimum absolute atomic E-state index is 0.00352. The molecule has 3 aromatic heterocycles. The number of carbonyl (C=O) groups excluding carboxylic acids is 3. The number of amides is 4. The number of hydrogen-bond acceptors (Lipinski definition) is 30. The molecule has 7 atom stereocenters. The van der Waals surface area contributed by atoms with Crippen molar-refractivity contribution < 1.29 is 80.1 Å². The number of likely N-dealkylation sites (tertiary alicyclic amines) is 3. The van der Waals surface area contributed by atoms with Gasteiger partial charge in [0, 0.05) is 192 Å². The third-order valence-corrected chi connectivity index (χ3v) is 25.7. The number of nitrogens with one attached hydrogen (secondary N) is 4. The van der Waals surface area contributed by atoms with Crippen LogP contribution in [0, 0.1) is 45.8 Å². The molecule has 136 heavy (non-hydrogen) atoms. The van der Waals surface area contributed by atoms with Crippen molar-refractivity contribution in [3.8, 4) is 69.6 Å². The van der Waals surface area contributed by atoms with Gasteiger partial charge in [0.25, 0.3) is 5.91 Å². The van der Waals surface area contributed by atoms with Gasteiger partial charge in [-0.3, -0.25) is 24.3 Å². The van der Waals surface area contributed by atoms with E-state index in [4.69, 9.17) is 38.6 Å². The molecule has 18 rings (SSSR count). The summed E-state index contributed by atoms with van der Waals surface area (Å²) in [5.74, 6) is -6.66. The summed E-state index contributed by atoms with van der Waals surface area (Å²) in [5.41, 5.74) is 8.15. The number of nitrogens with zero attached hydrogens (tertiary/aromatic N) is 18. The fraction of sp³-hybridized carbons (Fsp3) is 0.443. The Morgan fingerprint density at radius 1 is 0.478 bits per heavy atom. The summed E-state index contributed by atoms with van der Waals surface area (Å²) in [5, 5.41) is 69.5. The molecule has 12 heterocycles. The zero-order chi connectivity index (χ0) is 95.2. The molecule has 9 saturated heterocycles. The second kappa shape index (κ2) is 43.6. The first-order valence-electron chi connectivity index (χ1n) is 45.7. The number of piperidine rings is 3. The number of anilines is 9. The van der Waals surface area contributed by atoms with Crippen molar-refractivity contribution in [2.75, 3.05) is 208 Å². The van der Waals surface area contributed by atoms with Gasteiger partial charge in [-0.1, -0.05) is 13.8 Å². The number of halogens is 5. The molecule has 39 heteroatoms. The molecule has 34 nitrogen and oxygen atoms in total. The van der Waals surface area contributed by atoms with Crippen molar-refractivity contribution in [3.63, 3.8) is 0 Å². The summed E-state index contributed by atoms with van der Waals surface area (Å²) in [7, 11) is 0. The Morgan fingerprint density at radius 2 is 0.831 bits per heavy atom. The van der Waals surface area contributed by atoms with E-state index in [-0.39, 0.29) is 73.1 Å². The first-order chi connectivity index (χ1) is 65.8. The van der Waals surface area contributed by atoms with E-state index in [0.29, 0.717) is 76.3 Å². The minimum atomic E-state index is -3.39. The second-order valence-corrected chi connectivity index (χ2v) is 35.2. The smallest absolute Gasteiger partial charge is 0.317 e. The monoisotopic (exact) mass is 1870 g/mol. The maximum atomic E-state index is 15.1. The maximum Gasteiger partial charge on any atom is 0.317 e. The van der Waals surface area contributed by atoms with Crippen molar-refractivity contribution in [1.29, 1.82) is 15.8 Å². The molecule has 0 unspecified atom stereocenters. The number of alkyl halides is 5. The number of nitriles is 3. The summed E-state index contributed by atoms with van der Waals surface area (Å²) < 4.78 is 109. The molecule has 9 aromatic rings. The lowest BCUT2D eigenvalue weighted by atomic mass is 9.92. The Balaban J connectivity index is 0.000000148. The molecular formula is C97H109F5N22O12. The highest BCUT2D eigenvalue weighted by atomic mass is 19.3. The van der Waals surface area contributed by atoms with E-state index in [9.17, 15) is 39.7 Å². The van der Waals surface area contributed by atoms with Gasteiger partial charge in [0.1, 0.15) is 71.7 Å². The number of hydrogen-bond donors (Lipinski definition) is 7. The van der Waals surface area contributed by atoms with Crippen LogP contribution in [0.25, 0.3) is 34.2 Å². The van der Waals surface area contributed by atoms with E-state index in [1.54, 1.807) is 81.0 Å². The van der Waals surface area contributed by atoms with Crippen LogP contribution in [0.2, 0.25) is 0 Å². The SMILES string of the molecule is C[C@H](O)C(=O)N1C[C@@H](C)[C@H](Oc2ccc(-c3nccc(Nc4ccc(N5CCN(C6COC6)CC5)cc4)n3)cc2C#N)C(F)(F)C1.C[C@H]1CN(C(=O)CO)CC(F)(F)[C@H]1Oc1ccc(-c2nccc(Nc3ccc(N4CCN(C5COC5)CC4)cc3)n2)cc1C#N.N#Cc1cc(-c2nccc(Nc3ccc(N4CCN(C5COC5)CC4)cc3)n2)ccc1O[C@H]1CCN(C(=O)NCCO)C[C@H]1F. The molecule has 714 valence electrons. The standard InChI is InChI=1S/C33H37F2N7O4.C32H35F2N7O4.C32H37FN8O4/c1-21-17-42(32(44)22(2)43)20-33(34,35)30(21)46-28-8-3-23(15-24(28)16-36)31-37-10-9-29(39-31)38-25-4-6-26(7-5-25)40-11-13-41(14-12-40)27-18-45-19-27;1-21-16-41(29(43)17-42)20-32(33,34)30(21)45-27-7-2-22(14-23(27)15-35)31-36-9-8-28(38-31)37-24-3-5-25(6-4-24)39-10-12-40(13-11-39)26-18-44-19-26;33-27-19-41(32(43)36-10-16-42)11-8-29(27)45-28-6-1-22(17-23(28)18-34)31-35-9-7-30(38-31)37-24-2-4-25(5-3-24)39-12-14-40(15-13-39)26-20-44-21-26/h3-10,15,21-22,27,30,43H,11-14,17-20H2,1-2H3,(H,37,38,39);2-9,14,21,26,30,42H,10-13,16-20H2,1H3,(H,36,37,38);1-7,9,17,26-27,29,42H,8,10-16,19-21H2,(H,36,43)(H,35,37,38)/t21-,22+,30+;21-,30-;27-,29+/m101/s1. The van der Waals surface area contributed by atoms with E-state index in [1.165, 1.54) is 41.8 Å². The number of piperazine rings is 3. The Hall–Kier alpha value is -13.3. The maximum absolute atomic E-state index is 15.1. The summed E-state index contributed by atoms with van der Waals surface area (Å²) in [6.07, 6.45) is -1.59. The molecule has 7 N–H and O–H groups in total. The van der Waals surface area contributed by atoms with Crippen LogP contribution in [0.3, 0.4) is 0 Å². The molecule has 6 aromatic carbocycles. The molecule has 0 bridgehead atoms. The molecule has 0 aliphatic carbocycles. The van der Waals surface area contributed by atoms with Gasteiger partial charge >= 0.3 is 17.9 Å². The Kier molecular flexibility index (Phi) is 30.7. The van der Waals surface area contributed by atoms with E-state index >= 15 is 17.6 Å². The van der Waals surface area contributed by atoms with Crippen molar-refractivity contribution in [3.05, 3.63) is 181 Å². The average molecular weight is 1870 g/mol. The fourth-order valence-corrected chi connectivity index (χ4v) is 17.9. The number of aromatic nitrogens is 6. The van der Waals surface area contributed by atoms with E-state index in [1.807, 2.05) is 48.5 Å². The van der Waals surface area contributed by atoms with E-state index < -0.39 is 91.8 Å². The van der Waals surface area contributed by atoms with Crippen LogP contribution < -0.4 is 50.2 Å². The van der Waals surface area contributed by atoms with Gasteiger partial charge in [-0.2, -0.15) is 15.8 Å². The highest BCUT2D eigenvalue weighted by molar-refractivity contribution is 5.81. The van der Waals surface area contributed by atoms with Crippen LogP contribution in [0.4, 0.5) is 78.3 Å². The van der Waals surface area contributed by atoms with E-state index in [2.05, 4.69) is 123 Å². The highest BCUT2D eigenvalue weighted by Gasteiger charge is 2.53. The summed E-state index contributed by atoms with van der Waals surface area (Å²) in [6.45, 7) is 18.9. The number of aliphatic hydroxyl groups excluding tert-OH is 3. The van der Waals surface area contributed by atoms with Crippen molar-refractivity contribution in [1.82, 2.24) is 64.6 Å². The average Bonchev–Trinajstić information content (AvgIpc) is 0.777. The third kappa shape index (κ3) is 23.3. The van der Waals surface area contributed by atoms with E-state index in [0.717, 1.165) is 156 Å². The Morgan fingerprint density at radius 3 is 1.15 bits per heavy atom. The summed E-state index contributed by atoms with van der Waals surface area (Å²) in [6, 6.07) is 51.6. The van der Waals surface area contributed by atoms with Gasteiger partial charge < -0.3 is 94.4 Å². The van der Waals surface area contributed by atoms with Crippen LogP contribution in [0.15, 0.2) is 164 Å². The first kappa shape index (κ1) is 95.9. The van der Waals surface area contributed by atoms with Crippen LogP contribution in [0.1, 0.15) is 43.9 Å². The van der Waals surface area contributed by atoms with Crippen molar-refractivity contribution in [2.45, 2.75) is 87.8 Å². The molecule has 9 aliphatic rings. The minimum Gasteiger partial charge on any atom is -0.486 e. The quantitative estimate of drug-likeness (QED) is 0.0262. The number of benzene rings is 6. The predicted molar refractivity (Wildman–Crippen MR) is 496 cm³/mol. The molecule has 0 spiro atoms. The topological polar surface area (TPSA) is 393 Å². The van der Waals surface area contributed by atoms with Gasteiger partial charge in [0.05, 0.1) is 101 Å². The van der Waals surface area contributed by atoms with Crippen molar-refractivity contribution >= 4 is 69.4 Å². The third-order valence-electron chi connectivity index (χ3n) is 25.7. The highest BCUT2D eigenvalue weighted by Crippen LogP contribution is 2.41. The van der Waals surface area contributed by atoms with Gasteiger partial charge in [0.15, 0.2) is 35.9 Å². The molecule has 9 aliphatic heterocycles. The lowest BCUT2D eigenvalue weighted by Gasteiger charge is -2.43. The van der Waals surface area contributed by atoms with Gasteiger partial charge in [-0.05, 0) is 153 Å². The molecule has 9 fully saturated rings.